The lowest BCUT2D eigenvalue weighted by Crippen LogP contribution is -2.58. The quantitative estimate of drug-likeness (QED) is 0.494. The van der Waals surface area contributed by atoms with Gasteiger partial charge in [0, 0.05) is 54.6 Å². The van der Waals surface area contributed by atoms with Crippen molar-refractivity contribution in [1.29, 1.82) is 0 Å². The maximum Gasteiger partial charge on any atom is 0.238 e. The van der Waals surface area contributed by atoms with Crippen molar-refractivity contribution in [3.63, 3.8) is 0 Å². The van der Waals surface area contributed by atoms with Crippen LogP contribution >= 0.6 is 27.5 Å². The fraction of sp³-hybridized carbons (Fsp3) is 0.444. The Hall–Kier alpha value is -2.26. The number of imidazole rings is 1. The standard InChI is InChI=1S/C26H30BrClN6O.CH4/c1-17-14-33(16-31-17)8-7-29-26(35)23-15-34(10-9-32(23)2)25-22-6-5-21(28)12-18(22)3-4-19-11-20(27)13-30-24(19)25;/h5-6,11-14,16,23,25H,3-4,7-10,15H2,1-2H3,(H,29,35);1H4/t23-,25?;/m1./s1. The largest absolute Gasteiger partial charge is 0.353 e. The molecule has 0 radical (unpaired) electrons. The maximum atomic E-state index is 13.2. The summed E-state index contributed by atoms with van der Waals surface area (Å²) < 4.78 is 2.99. The fourth-order valence-electron chi connectivity index (χ4n) is 5.21. The number of benzene rings is 1. The van der Waals surface area contributed by atoms with Gasteiger partial charge in [0.15, 0.2) is 0 Å². The molecule has 1 saturated heterocycles. The summed E-state index contributed by atoms with van der Waals surface area (Å²) >= 11 is 9.97. The zero-order chi connectivity index (χ0) is 24.5. The molecule has 1 N–H and O–H groups in total. The van der Waals surface area contributed by atoms with E-state index in [2.05, 4.69) is 54.2 Å². The summed E-state index contributed by atoms with van der Waals surface area (Å²) in [5.41, 5.74) is 5.79. The van der Waals surface area contributed by atoms with Crippen LogP contribution in [0.15, 0.2) is 47.5 Å². The molecule has 0 spiro atoms. The number of aryl methyl sites for hydroxylation is 3. The van der Waals surface area contributed by atoms with Crippen molar-refractivity contribution in [2.24, 2.45) is 0 Å². The molecule has 2 atom stereocenters. The van der Waals surface area contributed by atoms with E-state index in [1.165, 1.54) is 16.7 Å². The molecule has 2 aliphatic rings. The van der Waals surface area contributed by atoms with Crippen molar-refractivity contribution in [3.8, 4) is 0 Å². The molecule has 0 bridgehead atoms. The summed E-state index contributed by atoms with van der Waals surface area (Å²) in [4.78, 5) is 26.9. The molecule has 36 heavy (non-hydrogen) atoms. The zero-order valence-corrected chi connectivity index (χ0v) is 22.4. The lowest BCUT2D eigenvalue weighted by atomic mass is 9.95. The van der Waals surface area contributed by atoms with E-state index in [0.717, 1.165) is 46.8 Å². The Balaban J connectivity index is 0.00000304. The minimum atomic E-state index is -0.230. The van der Waals surface area contributed by atoms with Gasteiger partial charge < -0.3 is 9.88 Å². The van der Waals surface area contributed by atoms with Crippen LogP contribution in [0.4, 0.5) is 0 Å². The predicted octanol–water partition coefficient (Wildman–Crippen LogP) is 4.26. The number of likely N-dealkylation sites (N-methyl/N-ethyl adjacent to an activating group) is 1. The number of carbonyl (C=O) groups is 1. The topological polar surface area (TPSA) is 66.3 Å². The van der Waals surface area contributed by atoms with Gasteiger partial charge in [0.2, 0.25) is 5.91 Å². The monoisotopic (exact) mass is 572 g/mol. The molecule has 1 fully saturated rings. The molecule has 3 heterocycles. The van der Waals surface area contributed by atoms with Crippen LogP contribution < -0.4 is 5.32 Å². The highest BCUT2D eigenvalue weighted by Gasteiger charge is 2.37. The van der Waals surface area contributed by atoms with Crippen molar-refractivity contribution in [2.75, 3.05) is 33.2 Å². The number of pyridine rings is 1. The van der Waals surface area contributed by atoms with Gasteiger partial charge >= 0.3 is 0 Å². The smallest absolute Gasteiger partial charge is 0.238 e. The van der Waals surface area contributed by atoms with Crippen molar-refractivity contribution in [2.45, 2.75) is 45.8 Å². The SMILES string of the molecule is C.Cc1cn(CCNC(=O)[C@H]2CN(C3c4ccc(Cl)cc4CCc4cc(Br)cnc43)CCN2C)cn1. The Bertz CT molecular complexity index is 1180. The second kappa shape index (κ2) is 11.4. The second-order valence-corrected chi connectivity index (χ2v) is 10.8. The molecule has 1 aliphatic carbocycles. The first kappa shape index (κ1) is 26.8. The van der Waals surface area contributed by atoms with Crippen LogP contribution in [0.5, 0.6) is 0 Å². The highest BCUT2D eigenvalue weighted by molar-refractivity contribution is 9.10. The first-order chi connectivity index (χ1) is 16.9. The van der Waals surface area contributed by atoms with Crippen LogP contribution in [0.2, 0.25) is 5.02 Å². The van der Waals surface area contributed by atoms with Gasteiger partial charge in [-0.05, 0) is 77.6 Å². The first-order valence-corrected chi connectivity index (χ1v) is 13.2. The fourth-order valence-corrected chi connectivity index (χ4v) is 5.79. The number of hydrogen-bond acceptors (Lipinski definition) is 5. The Morgan fingerprint density at radius 3 is 2.78 bits per heavy atom. The van der Waals surface area contributed by atoms with Crippen molar-refractivity contribution < 1.29 is 4.79 Å². The van der Waals surface area contributed by atoms with Crippen LogP contribution in [0.25, 0.3) is 0 Å². The Morgan fingerprint density at radius 2 is 2.00 bits per heavy atom. The molecule has 192 valence electrons. The Morgan fingerprint density at radius 1 is 1.19 bits per heavy atom. The van der Waals surface area contributed by atoms with Crippen molar-refractivity contribution >= 4 is 33.4 Å². The maximum absolute atomic E-state index is 13.2. The van der Waals surface area contributed by atoms with Gasteiger partial charge in [-0.2, -0.15) is 0 Å². The normalized spacial score (nSPS) is 20.1. The van der Waals surface area contributed by atoms with Gasteiger partial charge in [-0.1, -0.05) is 25.1 Å². The van der Waals surface area contributed by atoms with Gasteiger partial charge in [-0.15, -0.1) is 0 Å². The summed E-state index contributed by atoms with van der Waals surface area (Å²) in [6, 6.07) is 8.14. The third-order valence-electron chi connectivity index (χ3n) is 7.07. The van der Waals surface area contributed by atoms with Crippen molar-refractivity contribution in [3.05, 3.63) is 80.6 Å². The minimum Gasteiger partial charge on any atom is -0.353 e. The lowest BCUT2D eigenvalue weighted by molar-refractivity contribution is -0.128. The van der Waals surface area contributed by atoms with Crippen LogP contribution in [-0.4, -0.2) is 69.5 Å². The van der Waals surface area contributed by atoms with E-state index in [-0.39, 0.29) is 25.4 Å². The van der Waals surface area contributed by atoms with Gasteiger partial charge in [-0.25, -0.2) is 4.98 Å². The molecule has 0 saturated carbocycles. The van der Waals surface area contributed by atoms with Crippen LogP contribution in [0, 0.1) is 6.92 Å². The van der Waals surface area contributed by atoms with Gasteiger partial charge in [-0.3, -0.25) is 19.6 Å². The van der Waals surface area contributed by atoms with Crippen LogP contribution in [0.1, 0.15) is 41.5 Å². The van der Waals surface area contributed by atoms with Gasteiger partial charge in [0.1, 0.15) is 6.04 Å². The van der Waals surface area contributed by atoms with E-state index in [1.54, 1.807) is 6.33 Å². The summed E-state index contributed by atoms with van der Waals surface area (Å²) in [5, 5.41) is 3.89. The van der Waals surface area contributed by atoms with Crippen LogP contribution in [-0.2, 0) is 24.2 Å². The second-order valence-electron chi connectivity index (χ2n) is 9.48. The summed E-state index contributed by atoms with van der Waals surface area (Å²) in [5.74, 6) is 0.0583. The van der Waals surface area contributed by atoms with E-state index in [9.17, 15) is 4.79 Å². The van der Waals surface area contributed by atoms with E-state index in [1.807, 2.05) is 37.0 Å². The third-order valence-corrected chi connectivity index (χ3v) is 7.74. The van der Waals surface area contributed by atoms with E-state index < -0.39 is 0 Å². The van der Waals surface area contributed by atoms with E-state index in [4.69, 9.17) is 16.6 Å². The number of hydrogen-bond donors (Lipinski definition) is 1. The third kappa shape index (κ3) is 5.67. The highest BCUT2D eigenvalue weighted by atomic mass is 79.9. The van der Waals surface area contributed by atoms with Crippen LogP contribution in [0.3, 0.4) is 0 Å². The molecular formula is C27H34BrClN6O. The zero-order valence-electron chi connectivity index (χ0n) is 20.0. The average Bonchev–Trinajstić information content (AvgIpc) is 3.18. The number of amides is 1. The summed E-state index contributed by atoms with van der Waals surface area (Å²) in [7, 11) is 2.03. The molecule has 2 aromatic heterocycles. The molecule has 9 heteroatoms. The summed E-state index contributed by atoms with van der Waals surface area (Å²) in [6.45, 7) is 5.54. The lowest BCUT2D eigenvalue weighted by Gasteiger charge is -2.42. The Labute approximate surface area is 227 Å². The number of nitrogens with one attached hydrogen (secondary N) is 1. The van der Waals surface area contributed by atoms with E-state index >= 15 is 0 Å². The molecule has 1 amide bonds. The molecule has 3 aromatic rings. The number of nitrogens with zero attached hydrogens (tertiary/aromatic N) is 5. The molecule has 1 aromatic carbocycles. The average molecular weight is 574 g/mol. The van der Waals surface area contributed by atoms with Gasteiger partial charge in [0.25, 0.3) is 0 Å². The number of carbonyl (C=O) groups excluding carboxylic acids is 1. The molecule has 5 rings (SSSR count). The van der Waals surface area contributed by atoms with E-state index in [0.29, 0.717) is 19.6 Å². The number of halogens is 2. The summed E-state index contributed by atoms with van der Waals surface area (Å²) in [6.07, 6.45) is 7.50. The number of aromatic nitrogens is 3. The Kier molecular flexibility index (Phi) is 8.50. The predicted molar refractivity (Wildman–Crippen MR) is 147 cm³/mol. The molecule has 1 unspecified atom stereocenters. The molecular weight excluding hydrogens is 540 g/mol. The first-order valence-electron chi connectivity index (χ1n) is 12.0. The molecule has 1 aliphatic heterocycles. The van der Waals surface area contributed by atoms with Crippen molar-refractivity contribution in [1.82, 2.24) is 29.7 Å². The minimum absolute atomic E-state index is 0. The number of rotatable bonds is 5. The van der Waals surface area contributed by atoms with Gasteiger partial charge in [0.05, 0.1) is 23.8 Å². The molecule has 7 nitrogen and oxygen atoms in total. The highest BCUT2D eigenvalue weighted by Crippen LogP contribution is 2.38. The number of piperazine rings is 1. The number of fused-ring (bicyclic) bond motifs is 2.